The number of ether oxygens (including phenoxy) is 1. The van der Waals surface area contributed by atoms with Crippen LogP contribution in [0.1, 0.15) is 19.8 Å². The lowest BCUT2D eigenvalue weighted by Gasteiger charge is -2.33. The Hall–Kier alpha value is -1.14. The van der Waals surface area contributed by atoms with Gasteiger partial charge >= 0.3 is 0 Å². The summed E-state index contributed by atoms with van der Waals surface area (Å²) in [4.78, 5) is 4.39. The van der Waals surface area contributed by atoms with Crippen molar-refractivity contribution in [3.63, 3.8) is 0 Å². The summed E-state index contributed by atoms with van der Waals surface area (Å²) in [5, 5.41) is 3.18. The van der Waals surface area contributed by atoms with Gasteiger partial charge in [0.15, 0.2) is 9.84 Å². The Kier molecular flexibility index (Phi) is 4.10. The van der Waals surface area contributed by atoms with Crippen molar-refractivity contribution < 1.29 is 13.2 Å². The van der Waals surface area contributed by atoms with Crippen molar-refractivity contribution in [1.29, 1.82) is 0 Å². The zero-order chi connectivity index (χ0) is 13.9. The Morgan fingerprint density at radius 2 is 2.11 bits per heavy atom. The third-order valence-electron chi connectivity index (χ3n) is 3.55. The minimum atomic E-state index is -3.26. The summed E-state index contributed by atoms with van der Waals surface area (Å²) in [6.07, 6.45) is 4.75. The molecule has 0 radical (unpaired) electrons. The molecular weight excluding hydrogens is 264 g/mol. The van der Waals surface area contributed by atoms with Crippen LogP contribution in [0.4, 0.5) is 5.82 Å². The first-order valence-corrected chi connectivity index (χ1v) is 8.27. The van der Waals surface area contributed by atoms with E-state index in [4.69, 9.17) is 4.74 Å². The van der Waals surface area contributed by atoms with Crippen molar-refractivity contribution >= 4 is 15.7 Å². The second-order valence-corrected chi connectivity index (χ2v) is 7.38. The molecule has 5 nitrogen and oxygen atoms in total. The first-order valence-electron chi connectivity index (χ1n) is 6.37. The lowest BCUT2D eigenvalue weighted by atomic mass is 9.82. The molecule has 0 amide bonds. The number of hydrogen-bond acceptors (Lipinski definition) is 5. The molecule has 2 heterocycles. The molecule has 0 aromatic carbocycles. The van der Waals surface area contributed by atoms with Crippen LogP contribution in [-0.4, -0.2) is 39.4 Å². The predicted molar refractivity (Wildman–Crippen MR) is 74.0 cm³/mol. The van der Waals surface area contributed by atoms with Gasteiger partial charge in [-0.1, -0.05) is 6.92 Å². The molecule has 19 heavy (non-hydrogen) atoms. The predicted octanol–water partition coefficient (Wildman–Crippen LogP) is 1.71. The van der Waals surface area contributed by atoms with Gasteiger partial charge in [-0.15, -0.1) is 0 Å². The van der Waals surface area contributed by atoms with E-state index in [1.165, 1.54) is 6.26 Å². The molecule has 0 spiro atoms. The largest absolute Gasteiger partial charge is 0.381 e. The Morgan fingerprint density at radius 1 is 1.42 bits per heavy atom. The van der Waals surface area contributed by atoms with E-state index >= 15 is 0 Å². The Balaban J connectivity index is 2.12. The minimum absolute atomic E-state index is 0.130. The molecule has 0 saturated carbocycles. The fraction of sp³-hybridized carbons (Fsp3) is 0.615. The van der Waals surface area contributed by atoms with Crippen molar-refractivity contribution in [2.24, 2.45) is 5.41 Å². The summed E-state index contributed by atoms with van der Waals surface area (Å²) < 4.78 is 28.7. The van der Waals surface area contributed by atoms with Crippen molar-refractivity contribution in [3.8, 4) is 0 Å². The van der Waals surface area contributed by atoms with Gasteiger partial charge in [-0.3, -0.25) is 0 Å². The van der Waals surface area contributed by atoms with Crippen LogP contribution in [0.2, 0.25) is 0 Å². The second kappa shape index (κ2) is 5.46. The van der Waals surface area contributed by atoms with Crippen LogP contribution in [0.25, 0.3) is 0 Å². The van der Waals surface area contributed by atoms with Gasteiger partial charge in [0.2, 0.25) is 0 Å². The summed E-state index contributed by atoms with van der Waals surface area (Å²) >= 11 is 0. The number of hydrogen-bond donors (Lipinski definition) is 1. The number of pyridine rings is 1. The van der Waals surface area contributed by atoms with Crippen LogP contribution in [0, 0.1) is 5.41 Å². The zero-order valence-electron chi connectivity index (χ0n) is 11.3. The molecule has 1 aromatic rings. The van der Waals surface area contributed by atoms with Crippen LogP contribution in [0.5, 0.6) is 0 Å². The Morgan fingerprint density at radius 3 is 2.74 bits per heavy atom. The third kappa shape index (κ3) is 3.67. The molecule has 1 N–H and O–H groups in total. The maximum atomic E-state index is 11.7. The highest BCUT2D eigenvalue weighted by molar-refractivity contribution is 7.90. The molecular formula is C13H20N2O3S. The van der Waals surface area contributed by atoms with E-state index in [9.17, 15) is 8.42 Å². The standard InChI is InChI=1S/C13H20N2O3S/c1-13(5-8-18-9-6-13)10-15-12-11(19(2,16)17)4-3-7-14-12/h3-4,7H,5-6,8-10H2,1-2H3,(H,14,15). The van der Waals surface area contributed by atoms with E-state index in [2.05, 4.69) is 17.2 Å². The van der Waals surface area contributed by atoms with E-state index in [1.54, 1.807) is 18.3 Å². The van der Waals surface area contributed by atoms with Gasteiger partial charge in [0.25, 0.3) is 0 Å². The lowest BCUT2D eigenvalue weighted by molar-refractivity contribution is 0.0299. The highest BCUT2D eigenvalue weighted by Crippen LogP contribution is 2.30. The topological polar surface area (TPSA) is 68.3 Å². The normalized spacial score (nSPS) is 19.1. The van der Waals surface area contributed by atoms with E-state index in [0.717, 1.165) is 26.1 Å². The van der Waals surface area contributed by atoms with Crippen LogP contribution in [0.3, 0.4) is 0 Å². The van der Waals surface area contributed by atoms with Crippen molar-refractivity contribution in [3.05, 3.63) is 18.3 Å². The van der Waals surface area contributed by atoms with Gasteiger partial charge in [-0.25, -0.2) is 13.4 Å². The number of nitrogens with one attached hydrogen (secondary N) is 1. The smallest absolute Gasteiger partial charge is 0.179 e. The average Bonchev–Trinajstić information content (AvgIpc) is 2.37. The lowest BCUT2D eigenvalue weighted by Crippen LogP contribution is -2.33. The molecule has 1 fully saturated rings. The molecule has 2 rings (SSSR count). The molecule has 6 heteroatoms. The van der Waals surface area contributed by atoms with Gasteiger partial charge in [0.1, 0.15) is 10.7 Å². The quantitative estimate of drug-likeness (QED) is 0.911. The highest BCUT2D eigenvalue weighted by Gasteiger charge is 2.27. The molecule has 1 aliphatic rings. The third-order valence-corrected chi connectivity index (χ3v) is 4.68. The van der Waals surface area contributed by atoms with Crippen molar-refractivity contribution in [1.82, 2.24) is 4.98 Å². The van der Waals surface area contributed by atoms with Gasteiger partial charge < -0.3 is 10.1 Å². The van der Waals surface area contributed by atoms with Gasteiger partial charge in [0.05, 0.1) is 0 Å². The monoisotopic (exact) mass is 284 g/mol. The average molecular weight is 284 g/mol. The van der Waals surface area contributed by atoms with E-state index in [-0.39, 0.29) is 10.3 Å². The van der Waals surface area contributed by atoms with Crippen molar-refractivity contribution in [2.45, 2.75) is 24.7 Å². The van der Waals surface area contributed by atoms with E-state index in [0.29, 0.717) is 12.4 Å². The summed E-state index contributed by atoms with van der Waals surface area (Å²) in [7, 11) is -3.26. The van der Waals surface area contributed by atoms with Crippen LogP contribution < -0.4 is 5.32 Å². The van der Waals surface area contributed by atoms with Crippen LogP contribution in [0.15, 0.2) is 23.2 Å². The van der Waals surface area contributed by atoms with Crippen LogP contribution >= 0.6 is 0 Å². The SMILES string of the molecule is CC1(CNc2ncccc2S(C)(=O)=O)CCOCC1. The summed E-state index contributed by atoms with van der Waals surface area (Å²) in [5.41, 5.74) is 0.130. The number of sulfone groups is 1. The van der Waals surface area contributed by atoms with Gasteiger partial charge in [-0.2, -0.15) is 0 Å². The number of anilines is 1. The minimum Gasteiger partial charge on any atom is -0.381 e. The Bertz CT molecular complexity index is 537. The molecule has 1 aliphatic heterocycles. The summed E-state index contributed by atoms with van der Waals surface area (Å²) in [6, 6.07) is 3.22. The first-order chi connectivity index (χ1) is 8.91. The Labute approximate surface area is 114 Å². The fourth-order valence-electron chi connectivity index (χ4n) is 2.16. The number of nitrogens with zero attached hydrogens (tertiary/aromatic N) is 1. The molecule has 1 saturated heterocycles. The van der Waals surface area contributed by atoms with Gasteiger partial charge in [0, 0.05) is 32.2 Å². The summed E-state index contributed by atoms with van der Waals surface area (Å²) in [6.45, 7) is 4.42. The maximum Gasteiger partial charge on any atom is 0.179 e. The molecule has 1 aromatic heterocycles. The molecule has 0 bridgehead atoms. The number of rotatable bonds is 4. The number of aromatic nitrogens is 1. The second-order valence-electron chi connectivity index (χ2n) is 5.40. The first kappa shape index (κ1) is 14.3. The molecule has 106 valence electrons. The maximum absolute atomic E-state index is 11.7. The van der Waals surface area contributed by atoms with Crippen LogP contribution in [-0.2, 0) is 14.6 Å². The fourth-order valence-corrected chi connectivity index (χ4v) is 2.96. The van der Waals surface area contributed by atoms with Crippen molar-refractivity contribution in [2.75, 3.05) is 31.3 Å². The zero-order valence-corrected chi connectivity index (χ0v) is 12.2. The highest BCUT2D eigenvalue weighted by atomic mass is 32.2. The van der Waals surface area contributed by atoms with Gasteiger partial charge in [-0.05, 0) is 30.4 Å². The molecule has 0 atom stereocenters. The van der Waals surface area contributed by atoms with E-state index < -0.39 is 9.84 Å². The molecule has 0 unspecified atom stereocenters. The summed E-state index contributed by atoms with van der Waals surface area (Å²) in [5.74, 6) is 0.442. The molecule has 0 aliphatic carbocycles. The van der Waals surface area contributed by atoms with E-state index in [1.807, 2.05) is 0 Å².